The van der Waals surface area contributed by atoms with Gasteiger partial charge in [0.15, 0.2) is 0 Å². The first-order valence-electron chi connectivity index (χ1n) is 7.94. The first-order chi connectivity index (χ1) is 11.3. The maximum absolute atomic E-state index is 12.6. The number of thioether (sulfide) groups is 1. The number of carbonyl (C=O) groups is 1. The highest BCUT2D eigenvalue weighted by atomic mass is 32.2. The SMILES string of the molecule is CCOc1ccc(SCC(=O)N(Cc2cccs2)C2CC2)cc1. The van der Waals surface area contributed by atoms with Crippen molar-refractivity contribution in [1.29, 1.82) is 0 Å². The van der Waals surface area contributed by atoms with E-state index >= 15 is 0 Å². The number of nitrogens with zero attached hydrogens (tertiary/aromatic N) is 1. The van der Waals surface area contributed by atoms with E-state index in [-0.39, 0.29) is 5.91 Å². The lowest BCUT2D eigenvalue weighted by Crippen LogP contribution is -2.33. The van der Waals surface area contributed by atoms with E-state index in [0.29, 0.717) is 18.4 Å². The van der Waals surface area contributed by atoms with Crippen LogP contribution in [-0.4, -0.2) is 29.2 Å². The molecule has 1 aromatic heterocycles. The van der Waals surface area contributed by atoms with E-state index in [1.54, 1.807) is 23.1 Å². The minimum Gasteiger partial charge on any atom is -0.494 e. The number of amides is 1. The van der Waals surface area contributed by atoms with Gasteiger partial charge in [0.2, 0.25) is 5.91 Å². The average Bonchev–Trinajstić information content (AvgIpc) is 3.28. The molecule has 1 aromatic carbocycles. The molecule has 2 aromatic rings. The van der Waals surface area contributed by atoms with Crippen LogP contribution in [0.5, 0.6) is 5.75 Å². The van der Waals surface area contributed by atoms with E-state index in [9.17, 15) is 4.79 Å². The van der Waals surface area contributed by atoms with Gasteiger partial charge in [-0.05, 0) is 55.5 Å². The molecule has 0 spiro atoms. The summed E-state index contributed by atoms with van der Waals surface area (Å²) in [6.07, 6.45) is 2.29. The monoisotopic (exact) mass is 347 g/mol. The van der Waals surface area contributed by atoms with Gasteiger partial charge in [0.05, 0.1) is 18.9 Å². The molecule has 3 rings (SSSR count). The van der Waals surface area contributed by atoms with Crippen molar-refractivity contribution in [2.24, 2.45) is 0 Å². The third kappa shape index (κ3) is 4.75. The molecule has 122 valence electrons. The number of benzene rings is 1. The largest absolute Gasteiger partial charge is 0.494 e. The van der Waals surface area contributed by atoms with Gasteiger partial charge in [0.1, 0.15) is 5.75 Å². The molecule has 1 aliphatic rings. The molecule has 0 bridgehead atoms. The Hall–Kier alpha value is -1.46. The number of thiophene rings is 1. The molecule has 0 unspecified atom stereocenters. The fourth-order valence-corrected chi connectivity index (χ4v) is 3.89. The molecule has 0 saturated heterocycles. The second kappa shape index (κ2) is 7.88. The summed E-state index contributed by atoms with van der Waals surface area (Å²) in [6.45, 7) is 3.40. The van der Waals surface area contributed by atoms with Gasteiger partial charge in [0.25, 0.3) is 0 Å². The van der Waals surface area contributed by atoms with Gasteiger partial charge in [-0.1, -0.05) is 6.07 Å². The van der Waals surface area contributed by atoms with Gasteiger partial charge in [-0.15, -0.1) is 23.1 Å². The van der Waals surface area contributed by atoms with Crippen LogP contribution in [0.1, 0.15) is 24.6 Å². The van der Waals surface area contributed by atoms with Crippen LogP contribution in [0.4, 0.5) is 0 Å². The summed E-state index contributed by atoms with van der Waals surface area (Å²) in [7, 11) is 0. The molecular formula is C18H21NO2S2. The molecule has 0 atom stereocenters. The van der Waals surface area contributed by atoms with Crippen LogP contribution in [0, 0.1) is 0 Å². The van der Waals surface area contributed by atoms with Gasteiger partial charge < -0.3 is 9.64 Å². The summed E-state index contributed by atoms with van der Waals surface area (Å²) in [6, 6.07) is 12.6. The third-order valence-corrected chi connectivity index (χ3v) is 5.57. The maximum Gasteiger partial charge on any atom is 0.233 e. The summed E-state index contributed by atoms with van der Waals surface area (Å²) >= 11 is 3.32. The number of hydrogen-bond donors (Lipinski definition) is 0. The molecule has 1 fully saturated rings. The topological polar surface area (TPSA) is 29.5 Å². The Morgan fingerprint density at radius 3 is 2.70 bits per heavy atom. The summed E-state index contributed by atoms with van der Waals surface area (Å²) in [5.41, 5.74) is 0. The quantitative estimate of drug-likeness (QED) is 0.662. The minimum absolute atomic E-state index is 0.236. The first kappa shape index (κ1) is 16.4. The highest BCUT2D eigenvalue weighted by molar-refractivity contribution is 8.00. The van der Waals surface area contributed by atoms with Crippen molar-refractivity contribution < 1.29 is 9.53 Å². The highest BCUT2D eigenvalue weighted by Gasteiger charge is 2.32. The Morgan fingerprint density at radius 2 is 2.09 bits per heavy atom. The van der Waals surface area contributed by atoms with Crippen molar-refractivity contribution in [3.63, 3.8) is 0 Å². The van der Waals surface area contributed by atoms with Crippen LogP contribution in [0.3, 0.4) is 0 Å². The summed E-state index contributed by atoms with van der Waals surface area (Å²) in [5, 5.41) is 2.07. The number of rotatable bonds is 8. The summed E-state index contributed by atoms with van der Waals surface area (Å²) < 4.78 is 5.44. The second-order valence-corrected chi connectivity index (χ2v) is 7.61. The van der Waals surface area contributed by atoms with E-state index in [0.717, 1.165) is 30.0 Å². The van der Waals surface area contributed by atoms with Crippen molar-refractivity contribution in [1.82, 2.24) is 4.90 Å². The predicted octanol–water partition coefficient (Wildman–Crippen LogP) is 4.43. The Kier molecular flexibility index (Phi) is 5.62. The van der Waals surface area contributed by atoms with Gasteiger partial charge in [0, 0.05) is 15.8 Å². The highest BCUT2D eigenvalue weighted by Crippen LogP contribution is 2.30. The molecule has 1 amide bonds. The van der Waals surface area contributed by atoms with Crippen LogP contribution in [-0.2, 0) is 11.3 Å². The van der Waals surface area contributed by atoms with Crippen LogP contribution in [0.25, 0.3) is 0 Å². The zero-order valence-corrected chi connectivity index (χ0v) is 14.9. The predicted molar refractivity (Wildman–Crippen MR) is 96.2 cm³/mol. The van der Waals surface area contributed by atoms with Crippen molar-refractivity contribution in [3.05, 3.63) is 46.7 Å². The fraction of sp³-hybridized carbons (Fsp3) is 0.389. The van der Waals surface area contributed by atoms with E-state index in [1.165, 1.54) is 4.88 Å². The lowest BCUT2D eigenvalue weighted by molar-refractivity contribution is -0.129. The minimum atomic E-state index is 0.236. The molecule has 3 nitrogen and oxygen atoms in total. The lowest BCUT2D eigenvalue weighted by atomic mass is 10.3. The van der Waals surface area contributed by atoms with E-state index in [2.05, 4.69) is 11.4 Å². The molecule has 0 N–H and O–H groups in total. The molecule has 1 saturated carbocycles. The Labute approximate surface area is 145 Å². The van der Waals surface area contributed by atoms with Crippen molar-refractivity contribution in [2.45, 2.75) is 37.2 Å². The second-order valence-electron chi connectivity index (χ2n) is 5.53. The number of carbonyl (C=O) groups excluding carboxylic acids is 1. The normalized spacial score (nSPS) is 13.8. The molecule has 23 heavy (non-hydrogen) atoms. The van der Waals surface area contributed by atoms with Crippen LogP contribution in [0.2, 0.25) is 0 Å². The summed E-state index contributed by atoms with van der Waals surface area (Å²) in [5.74, 6) is 1.61. The standard InChI is InChI=1S/C18H21NO2S2/c1-2-21-15-7-9-16(10-8-15)23-13-18(20)19(14-5-6-14)12-17-4-3-11-22-17/h3-4,7-11,14H,2,5-6,12-13H2,1H3. The van der Waals surface area contributed by atoms with Gasteiger partial charge in [-0.25, -0.2) is 0 Å². The molecule has 0 radical (unpaired) electrons. The molecular weight excluding hydrogens is 326 g/mol. The van der Waals surface area contributed by atoms with Crippen LogP contribution < -0.4 is 4.74 Å². The van der Waals surface area contributed by atoms with Gasteiger partial charge >= 0.3 is 0 Å². The maximum atomic E-state index is 12.6. The van der Waals surface area contributed by atoms with E-state index in [4.69, 9.17) is 4.74 Å². The lowest BCUT2D eigenvalue weighted by Gasteiger charge is -2.21. The molecule has 1 heterocycles. The molecule has 1 aliphatic carbocycles. The zero-order chi connectivity index (χ0) is 16.1. The molecule has 0 aliphatic heterocycles. The summed E-state index contributed by atoms with van der Waals surface area (Å²) in [4.78, 5) is 17.0. The number of ether oxygens (including phenoxy) is 1. The number of hydrogen-bond acceptors (Lipinski definition) is 4. The first-order valence-corrected chi connectivity index (χ1v) is 9.80. The van der Waals surface area contributed by atoms with Crippen LogP contribution in [0.15, 0.2) is 46.7 Å². The fourth-order valence-electron chi connectivity index (χ4n) is 2.40. The smallest absolute Gasteiger partial charge is 0.233 e. The Morgan fingerprint density at radius 1 is 1.30 bits per heavy atom. The zero-order valence-electron chi connectivity index (χ0n) is 13.2. The van der Waals surface area contributed by atoms with Gasteiger partial charge in [-0.2, -0.15) is 0 Å². The molecule has 5 heteroatoms. The van der Waals surface area contributed by atoms with Crippen molar-refractivity contribution in [2.75, 3.05) is 12.4 Å². The van der Waals surface area contributed by atoms with Crippen molar-refractivity contribution in [3.8, 4) is 5.75 Å². The van der Waals surface area contributed by atoms with Crippen molar-refractivity contribution >= 4 is 29.0 Å². The Bertz CT molecular complexity index is 621. The average molecular weight is 348 g/mol. The van der Waals surface area contributed by atoms with E-state index in [1.807, 2.05) is 42.2 Å². The van der Waals surface area contributed by atoms with Gasteiger partial charge in [-0.3, -0.25) is 4.79 Å². The van der Waals surface area contributed by atoms with E-state index < -0.39 is 0 Å². The van der Waals surface area contributed by atoms with Crippen LogP contribution >= 0.6 is 23.1 Å². The Balaban J connectivity index is 1.54. The third-order valence-electron chi connectivity index (χ3n) is 3.71.